The van der Waals surface area contributed by atoms with Crippen LogP contribution < -0.4 is 19.1 Å². The van der Waals surface area contributed by atoms with Crippen molar-refractivity contribution in [2.24, 2.45) is 0 Å². The second-order valence-electron chi connectivity index (χ2n) is 9.09. The van der Waals surface area contributed by atoms with E-state index in [9.17, 15) is 18.0 Å². The number of rotatable bonds is 13. The fraction of sp³-hybridized carbons (Fsp3) is 0.481. The van der Waals surface area contributed by atoms with Crippen LogP contribution in [0.25, 0.3) is 0 Å². The van der Waals surface area contributed by atoms with Crippen molar-refractivity contribution in [3.05, 3.63) is 54.1 Å². The van der Waals surface area contributed by atoms with Crippen molar-refractivity contribution in [3.63, 3.8) is 0 Å². The number of nitrogens with one attached hydrogen (secondary N) is 1. The predicted octanol–water partition coefficient (Wildman–Crippen LogP) is 3.34. The van der Waals surface area contributed by atoms with Crippen LogP contribution >= 0.6 is 0 Å². The molecule has 1 aliphatic rings. The molecule has 0 saturated heterocycles. The third-order valence-corrected chi connectivity index (χ3v) is 7.35. The molecule has 1 N–H and O–H groups in total. The SMILES string of the molecule is CCCCNC(=O)[C@H](C)N(Cc1ccccc1)C(=O)CCCN(c1ccc2c(c1)OCCO2)S(C)(=O)=O. The van der Waals surface area contributed by atoms with Gasteiger partial charge in [-0.05, 0) is 37.5 Å². The Kier molecular flexibility index (Phi) is 10.2. The van der Waals surface area contributed by atoms with Crippen molar-refractivity contribution >= 4 is 27.5 Å². The minimum absolute atomic E-state index is 0.0932. The van der Waals surface area contributed by atoms with E-state index in [0.29, 0.717) is 43.5 Å². The number of hydrogen-bond acceptors (Lipinski definition) is 6. The zero-order chi connectivity index (χ0) is 26.8. The number of sulfonamides is 1. The Morgan fingerprint density at radius 2 is 1.73 bits per heavy atom. The van der Waals surface area contributed by atoms with Gasteiger partial charge in [-0.2, -0.15) is 0 Å². The lowest BCUT2D eigenvalue weighted by molar-refractivity contribution is -0.140. The number of nitrogens with zero attached hydrogens (tertiary/aromatic N) is 2. The van der Waals surface area contributed by atoms with Crippen LogP contribution in [0.15, 0.2) is 48.5 Å². The number of carbonyl (C=O) groups excluding carboxylic acids is 2. The molecule has 0 saturated carbocycles. The Bertz CT molecular complexity index is 1160. The highest BCUT2D eigenvalue weighted by Crippen LogP contribution is 2.34. The fourth-order valence-corrected chi connectivity index (χ4v) is 5.05. The highest BCUT2D eigenvalue weighted by atomic mass is 32.2. The molecule has 1 heterocycles. The fourth-order valence-electron chi connectivity index (χ4n) is 4.09. The minimum Gasteiger partial charge on any atom is -0.486 e. The lowest BCUT2D eigenvalue weighted by atomic mass is 10.1. The van der Waals surface area contributed by atoms with E-state index >= 15 is 0 Å². The van der Waals surface area contributed by atoms with Crippen molar-refractivity contribution in [1.29, 1.82) is 0 Å². The Labute approximate surface area is 219 Å². The van der Waals surface area contributed by atoms with Gasteiger partial charge in [0.1, 0.15) is 19.3 Å². The Morgan fingerprint density at radius 1 is 1.03 bits per heavy atom. The number of amides is 2. The summed E-state index contributed by atoms with van der Waals surface area (Å²) in [5.74, 6) is 0.649. The molecule has 10 heteroatoms. The van der Waals surface area contributed by atoms with Gasteiger partial charge >= 0.3 is 0 Å². The number of hydrogen-bond donors (Lipinski definition) is 1. The molecule has 1 atom stereocenters. The molecular formula is C27H37N3O6S. The standard InChI is InChI=1S/C27H37N3O6S/c1-4-5-15-28-27(32)21(2)29(20-22-10-7-6-8-11-22)26(31)12-9-16-30(37(3,33)34)23-13-14-24-25(19-23)36-18-17-35-24/h6-8,10-11,13-14,19,21H,4-5,9,12,15-18,20H2,1-3H3,(H,28,32)/t21-/m0/s1. The molecule has 2 aromatic rings. The molecule has 0 bridgehead atoms. The molecule has 9 nitrogen and oxygen atoms in total. The number of anilines is 1. The molecule has 202 valence electrons. The third kappa shape index (κ3) is 8.11. The van der Waals surface area contributed by atoms with Crippen LogP contribution in [0.2, 0.25) is 0 Å². The number of ether oxygens (including phenoxy) is 2. The molecule has 0 radical (unpaired) electrons. The molecule has 2 amide bonds. The van der Waals surface area contributed by atoms with E-state index in [1.165, 1.54) is 4.31 Å². The summed E-state index contributed by atoms with van der Waals surface area (Å²) in [6.45, 7) is 5.57. The maximum Gasteiger partial charge on any atom is 0.242 e. The van der Waals surface area contributed by atoms with E-state index in [1.807, 2.05) is 37.3 Å². The van der Waals surface area contributed by atoms with Crippen LogP contribution in [0.5, 0.6) is 11.5 Å². The van der Waals surface area contributed by atoms with Gasteiger partial charge in [-0.25, -0.2) is 8.42 Å². The minimum atomic E-state index is -3.61. The number of fused-ring (bicyclic) bond motifs is 1. The Morgan fingerprint density at radius 3 is 2.41 bits per heavy atom. The smallest absolute Gasteiger partial charge is 0.242 e. The normalized spacial score (nSPS) is 13.5. The molecular weight excluding hydrogens is 494 g/mol. The number of benzene rings is 2. The van der Waals surface area contributed by atoms with Gasteiger partial charge in [0.15, 0.2) is 11.5 Å². The van der Waals surface area contributed by atoms with Gasteiger partial charge < -0.3 is 19.7 Å². The second-order valence-corrected chi connectivity index (χ2v) is 11.0. The average Bonchev–Trinajstić information content (AvgIpc) is 2.89. The molecule has 0 aliphatic carbocycles. The summed E-state index contributed by atoms with van der Waals surface area (Å²) in [6.07, 6.45) is 3.34. The van der Waals surface area contributed by atoms with Crippen LogP contribution in [0.4, 0.5) is 5.69 Å². The summed E-state index contributed by atoms with van der Waals surface area (Å²) in [6, 6.07) is 13.8. The van der Waals surface area contributed by atoms with Crippen molar-refractivity contribution in [3.8, 4) is 11.5 Å². The van der Waals surface area contributed by atoms with Crippen LogP contribution in [0.3, 0.4) is 0 Å². The largest absolute Gasteiger partial charge is 0.486 e. The van der Waals surface area contributed by atoms with E-state index in [1.54, 1.807) is 30.0 Å². The lowest BCUT2D eigenvalue weighted by Gasteiger charge is -2.29. The maximum absolute atomic E-state index is 13.3. The Balaban J connectivity index is 1.70. The van der Waals surface area contributed by atoms with E-state index in [0.717, 1.165) is 24.7 Å². The zero-order valence-corrected chi connectivity index (χ0v) is 22.6. The van der Waals surface area contributed by atoms with Crippen LogP contribution in [-0.4, -0.2) is 63.7 Å². The molecule has 1 aliphatic heterocycles. The first kappa shape index (κ1) is 28.3. The molecule has 3 rings (SSSR count). The van der Waals surface area contributed by atoms with Gasteiger partial charge in [0.05, 0.1) is 11.9 Å². The van der Waals surface area contributed by atoms with Gasteiger partial charge in [0.25, 0.3) is 0 Å². The predicted molar refractivity (Wildman–Crippen MR) is 143 cm³/mol. The Hall–Kier alpha value is -3.27. The molecule has 0 unspecified atom stereocenters. The van der Waals surface area contributed by atoms with E-state index < -0.39 is 16.1 Å². The van der Waals surface area contributed by atoms with Crippen LogP contribution in [0, 0.1) is 0 Å². The summed E-state index contributed by atoms with van der Waals surface area (Å²) in [7, 11) is -3.61. The summed E-state index contributed by atoms with van der Waals surface area (Å²) in [4.78, 5) is 27.6. The quantitative estimate of drug-likeness (QED) is 0.398. The molecule has 0 aromatic heterocycles. The summed E-state index contributed by atoms with van der Waals surface area (Å²) in [5.41, 5.74) is 1.36. The highest BCUT2D eigenvalue weighted by Gasteiger charge is 2.27. The third-order valence-electron chi connectivity index (χ3n) is 6.16. The topological polar surface area (TPSA) is 105 Å². The van der Waals surface area contributed by atoms with E-state index in [4.69, 9.17) is 9.47 Å². The maximum atomic E-state index is 13.3. The second kappa shape index (κ2) is 13.3. The van der Waals surface area contributed by atoms with Gasteiger partial charge in [0.2, 0.25) is 21.8 Å². The number of unbranched alkanes of at least 4 members (excludes halogenated alkanes) is 1. The number of carbonyl (C=O) groups is 2. The van der Waals surface area contributed by atoms with Gasteiger partial charge in [-0.1, -0.05) is 43.7 Å². The molecule has 0 fully saturated rings. The van der Waals surface area contributed by atoms with Crippen LogP contribution in [0.1, 0.15) is 45.1 Å². The zero-order valence-electron chi connectivity index (χ0n) is 21.8. The van der Waals surface area contributed by atoms with Crippen molar-refractivity contribution in [2.75, 3.05) is 36.9 Å². The van der Waals surface area contributed by atoms with Crippen LogP contribution in [-0.2, 0) is 26.2 Å². The van der Waals surface area contributed by atoms with Gasteiger partial charge in [-0.15, -0.1) is 0 Å². The van der Waals surface area contributed by atoms with Crippen molar-refractivity contribution < 1.29 is 27.5 Å². The van der Waals surface area contributed by atoms with Gasteiger partial charge in [0, 0.05) is 32.1 Å². The first-order chi connectivity index (χ1) is 17.7. The highest BCUT2D eigenvalue weighted by molar-refractivity contribution is 7.92. The summed E-state index contributed by atoms with van der Waals surface area (Å²) in [5, 5.41) is 2.90. The molecule has 2 aromatic carbocycles. The van der Waals surface area contributed by atoms with E-state index in [2.05, 4.69) is 5.32 Å². The van der Waals surface area contributed by atoms with Crippen molar-refractivity contribution in [2.45, 2.75) is 52.1 Å². The average molecular weight is 532 g/mol. The van der Waals surface area contributed by atoms with Gasteiger partial charge in [-0.3, -0.25) is 13.9 Å². The molecule has 0 spiro atoms. The summed E-state index contributed by atoms with van der Waals surface area (Å²) < 4.78 is 37.5. The monoisotopic (exact) mass is 531 g/mol. The van der Waals surface area contributed by atoms with E-state index in [-0.39, 0.29) is 31.2 Å². The first-order valence-corrected chi connectivity index (χ1v) is 14.5. The lowest BCUT2D eigenvalue weighted by Crippen LogP contribution is -2.47. The summed E-state index contributed by atoms with van der Waals surface area (Å²) >= 11 is 0. The molecule has 37 heavy (non-hydrogen) atoms. The van der Waals surface area contributed by atoms with Crippen molar-refractivity contribution in [1.82, 2.24) is 10.2 Å². The first-order valence-electron chi connectivity index (χ1n) is 12.7.